The smallest absolute Gasteiger partial charge is 0.398 e. The van der Waals surface area contributed by atoms with E-state index in [9.17, 15) is 17.6 Å². The van der Waals surface area contributed by atoms with E-state index in [4.69, 9.17) is 0 Å². The van der Waals surface area contributed by atoms with Crippen LogP contribution in [0.5, 0.6) is 0 Å². The Morgan fingerprint density at radius 1 is 1.42 bits per heavy atom. The second-order valence-corrected chi connectivity index (χ2v) is 2.05. The maximum Gasteiger partial charge on any atom is 0.573 e. The lowest BCUT2D eigenvalue weighted by Gasteiger charge is -2.08. The largest absolute Gasteiger partial charge is 0.573 e. The summed E-state index contributed by atoms with van der Waals surface area (Å²) in [5.74, 6) is -1.41. The van der Waals surface area contributed by atoms with Crippen molar-refractivity contribution >= 4 is 0 Å². The van der Waals surface area contributed by atoms with Crippen LogP contribution in [-0.4, -0.2) is 6.36 Å². The molecule has 0 N–H and O–H groups in total. The van der Waals surface area contributed by atoms with Gasteiger partial charge in [-0.3, -0.25) is 0 Å². The summed E-state index contributed by atoms with van der Waals surface area (Å²) in [5, 5.41) is 0. The second kappa shape index (κ2) is 3.03. The fourth-order valence-electron chi connectivity index (χ4n) is 0.680. The number of ether oxygens (including phenoxy) is 1. The normalized spacial score (nSPS) is 17.0. The molecule has 0 aliphatic heterocycles. The van der Waals surface area contributed by atoms with E-state index in [-0.39, 0.29) is 6.42 Å². The summed E-state index contributed by atoms with van der Waals surface area (Å²) >= 11 is 0. The van der Waals surface area contributed by atoms with Gasteiger partial charge in [-0.05, 0) is 11.8 Å². The molecule has 0 spiro atoms. The average molecular weight is 180 g/mol. The first-order valence-corrected chi connectivity index (χ1v) is 3.05. The van der Waals surface area contributed by atoms with Crippen LogP contribution in [0.3, 0.4) is 0 Å². The van der Waals surface area contributed by atoms with Crippen molar-refractivity contribution in [1.29, 1.82) is 0 Å². The fourth-order valence-corrected chi connectivity index (χ4v) is 0.680. The van der Waals surface area contributed by atoms with Gasteiger partial charge in [0.2, 0.25) is 0 Å². The first kappa shape index (κ1) is 8.87. The molecule has 1 rings (SSSR count). The monoisotopic (exact) mass is 180 g/mol. The molecule has 0 bridgehead atoms. The minimum atomic E-state index is -4.79. The lowest BCUT2D eigenvalue weighted by molar-refractivity contribution is -0.303. The average Bonchev–Trinajstić information content (AvgIpc) is 1.82. The molecule has 0 atom stereocenters. The van der Waals surface area contributed by atoms with Crippen molar-refractivity contribution in [2.45, 2.75) is 12.8 Å². The van der Waals surface area contributed by atoms with Crippen LogP contribution in [0.4, 0.5) is 17.6 Å². The van der Waals surface area contributed by atoms with E-state index in [2.05, 4.69) is 4.74 Å². The number of allylic oxidation sites excluding steroid dienone is 2. The Bertz CT molecular complexity index is 268. The first-order chi connectivity index (χ1) is 5.47. The Hall–Kier alpha value is -1.22. The Labute approximate surface area is 65.6 Å². The molecule has 0 aromatic heterocycles. The summed E-state index contributed by atoms with van der Waals surface area (Å²) in [6.07, 6.45) is -2.57. The maximum absolute atomic E-state index is 12.3. The molecule has 0 heterocycles. The van der Waals surface area contributed by atoms with Crippen molar-refractivity contribution in [3.8, 4) is 0 Å². The van der Waals surface area contributed by atoms with E-state index < -0.39 is 17.9 Å². The van der Waals surface area contributed by atoms with Crippen LogP contribution in [0.25, 0.3) is 0 Å². The molecule has 0 saturated heterocycles. The molecule has 66 valence electrons. The first-order valence-electron chi connectivity index (χ1n) is 3.05. The van der Waals surface area contributed by atoms with Gasteiger partial charge in [-0.1, -0.05) is 6.08 Å². The van der Waals surface area contributed by atoms with E-state index in [0.717, 1.165) is 6.08 Å². The minimum absolute atomic E-state index is 0.0370. The van der Waals surface area contributed by atoms with Crippen molar-refractivity contribution in [3.05, 3.63) is 29.5 Å². The molecular formula is C7H4F4O. The predicted octanol–water partition coefficient (Wildman–Crippen LogP) is 2.82. The standard InChI is InChI=1S/C7H4F4O/c8-5-2-1-3-6(4-5)12-7(9,10)11/h1,3H,2H2. The summed E-state index contributed by atoms with van der Waals surface area (Å²) in [4.78, 5) is 0. The molecule has 0 amide bonds. The Morgan fingerprint density at radius 2 is 2.08 bits per heavy atom. The number of rotatable bonds is 1. The number of alkyl halides is 3. The lowest BCUT2D eigenvalue weighted by Crippen LogP contribution is -2.12. The Kier molecular flexibility index (Phi) is 2.24. The van der Waals surface area contributed by atoms with Crippen LogP contribution in [0.2, 0.25) is 0 Å². The summed E-state index contributed by atoms with van der Waals surface area (Å²) in [6, 6.07) is 0. The zero-order valence-corrected chi connectivity index (χ0v) is 5.78. The van der Waals surface area contributed by atoms with E-state index in [1.54, 1.807) is 0 Å². The van der Waals surface area contributed by atoms with Gasteiger partial charge in [-0.25, -0.2) is 4.39 Å². The molecule has 0 aromatic rings. The van der Waals surface area contributed by atoms with Crippen LogP contribution in [0, 0.1) is 0 Å². The zero-order valence-electron chi connectivity index (χ0n) is 5.78. The predicted molar refractivity (Wildman–Crippen MR) is 32.5 cm³/mol. The van der Waals surface area contributed by atoms with Crippen LogP contribution < -0.4 is 0 Å². The number of hydrogen-bond donors (Lipinski definition) is 0. The van der Waals surface area contributed by atoms with Gasteiger partial charge in [-0.2, -0.15) is 0 Å². The second-order valence-electron chi connectivity index (χ2n) is 2.05. The van der Waals surface area contributed by atoms with Gasteiger partial charge in [0.15, 0.2) is 5.76 Å². The lowest BCUT2D eigenvalue weighted by atomic mass is 10.2. The third-order valence-electron chi connectivity index (χ3n) is 1.05. The molecule has 5 heteroatoms. The van der Waals surface area contributed by atoms with Crippen molar-refractivity contribution in [2.24, 2.45) is 0 Å². The van der Waals surface area contributed by atoms with Crippen LogP contribution in [-0.2, 0) is 4.74 Å². The quantitative estimate of drug-likeness (QED) is 0.445. The molecule has 0 fully saturated rings. The van der Waals surface area contributed by atoms with Crippen molar-refractivity contribution < 1.29 is 22.3 Å². The molecule has 0 unspecified atom stereocenters. The van der Waals surface area contributed by atoms with Gasteiger partial charge in [0.1, 0.15) is 5.83 Å². The van der Waals surface area contributed by atoms with Crippen molar-refractivity contribution in [3.63, 3.8) is 0 Å². The van der Waals surface area contributed by atoms with Gasteiger partial charge in [0.25, 0.3) is 0 Å². The number of hydrogen-bond acceptors (Lipinski definition) is 1. The molecule has 1 aliphatic rings. The summed E-state index contributed by atoms with van der Waals surface area (Å²) in [7, 11) is 0. The van der Waals surface area contributed by atoms with Crippen LogP contribution in [0.15, 0.2) is 29.5 Å². The molecular weight excluding hydrogens is 176 g/mol. The molecule has 0 radical (unpaired) electrons. The summed E-state index contributed by atoms with van der Waals surface area (Å²) in [6.45, 7) is 0. The van der Waals surface area contributed by atoms with E-state index in [1.807, 2.05) is 5.73 Å². The molecule has 0 saturated carbocycles. The Balaban J connectivity index is 2.77. The van der Waals surface area contributed by atoms with E-state index in [0.29, 0.717) is 0 Å². The highest BCUT2D eigenvalue weighted by molar-refractivity contribution is 5.20. The molecule has 12 heavy (non-hydrogen) atoms. The van der Waals surface area contributed by atoms with Gasteiger partial charge in [-0.15, -0.1) is 13.2 Å². The van der Waals surface area contributed by atoms with Crippen LogP contribution in [0.1, 0.15) is 6.42 Å². The van der Waals surface area contributed by atoms with E-state index in [1.165, 1.54) is 6.08 Å². The third-order valence-corrected chi connectivity index (χ3v) is 1.05. The highest BCUT2D eigenvalue weighted by Gasteiger charge is 2.31. The minimum Gasteiger partial charge on any atom is -0.398 e. The summed E-state index contributed by atoms with van der Waals surface area (Å²) < 4.78 is 50.3. The third kappa shape index (κ3) is 2.80. The zero-order chi connectivity index (χ0) is 9.19. The fraction of sp³-hybridized carbons (Fsp3) is 0.286. The highest BCUT2D eigenvalue weighted by Crippen LogP contribution is 2.23. The van der Waals surface area contributed by atoms with Crippen molar-refractivity contribution in [1.82, 2.24) is 0 Å². The van der Waals surface area contributed by atoms with Gasteiger partial charge in [0.05, 0.1) is 0 Å². The van der Waals surface area contributed by atoms with E-state index >= 15 is 0 Å². The van der Waals surface area contributed by atoms with Gasteiger partial charge < -0.3 is 4.74 Å². The van der Waals surface area contributed by atoms with Crippen LogP contribution >= 0.6 is 0 Å². The molecule has 1 nitrogen and oxygen atoms in total. The summed E-state index contributed by atoms with van der Waals surface area (Å²) in [5.41, 5.74) is 1.81. The van der Waals surface area contributed by atoms with Crippen molar-refractivity contribution in [2.75, 3.05) is 0 Å². The SMILES string of the molecule is FC1=C=C(OC(F)(F)F)C=CC1. The maximum atomic E-state index is 12.3. The molecule has 1 aliphatic carbocycles. The number of halogens is 4. The van der Waals surface area contributed by atoms with Gasteiger partial charge >= 0.3 is 6.36 Å². The highest BCUT2D eigenvalue weighted by atomic mass is 19.4. The topological polar surface area (TPSA) is 9.23 Å². The van der Waals surface area contributed by atoms with Gasteiger partial charge in [0, 0.05) is 6.42 Å². The molecule has 0 aromatic carbocycles. The Morgan fingerprint density at radius 3 is 2.58 bits per heavy atom.